The second kappa shape index (κ2) is 7.59. The Kier molecular flexibility index (Phi) is 5.00. The number of rotatable bonds is 4. The second-order valence-electron chi connectivity index (χ2n) is 7.56. The van der Waals surface area contributed by atoms with E-state index in [0.717, 1.165) is 12.8 Å². The van der Waals surface area contributed by atoms with Crippen molar-refractivity contribution in [3.8, 4) is 5.75 Å². The molecule has 1 unspecified atom stereocenters. The Labute approximate surface area is 163 Å². The number of ether oxygens (including phenoxy) is 1. The number of carbonyl (C=O) groups is 2. The highest BCUT2D eigenvalue weighted by Crippen LogP contribution is 2.36. The topological polar surface area (TPSA) is 91.8 Å². The van der Waals surface area contributed by atoms with Crippen LogP contribution in [0.1, 0.15) is 33.6 Å². The largest absolute Gasteiger partial charge is 0.508 e. The van der Waals surface area contributed by atoms with Crippen molar-refractivity contribution >= 4 is 11.8 Å². The van der Waals surface area contributed by atoms with Crippen molar-refractivity contribution in [2.24, 2.45) is 5.92 Å². The number of benzene rings is 1. The van der Waals surface area contributed by atoms with Crippen LogP contribution < -0.4 is 5.32 Å². The number of phenols is 1. The number of pyridine rings is 1. The van der Waals surface area contributed by atoms with Crippen molar-refractivity contribution in [3.63, 3.8) is 0 Å². The molecule has 28 heavy (non-hydrogen) atoms. The zero-order valence-corrected chi connectivity index (χ0v) is 15.5. The van der Waals surface area contributed by atoms with Gasteiger partial charge < -0.3 is 20.1 Å². The summed E-state index contributed by atoms with van der Waals surface area (Å²) in [7, 11) is 0. The average molecular weight is 381 g/mol. The molecule has 7 nitrogen and oxygen atoms in total. The van der Waals surface area contributed by atoms with Crippen LogP contribution in [0, 0.1) is 5.92 Å². The molecule has 2 fully saturated rings. The van der Waals surface area contributed by atoms with E-state index in [1.807, 2.05) is 0 Å². The first-order chi connectivity index (χ1) is 13.5. The van der Waals surface area contributed by atoms with Crippen molar-refractivity contribution in [3.05, 3.63) is 59.9 Å². The van der Waals surface area contributed by atoms with Crippen LogP contribution in [-0.2, 0) is 4.74 Å². The van der Waals surface area contributed by atoms with E-state index in [2.05, 4.69) is 10.3 Å². The van der Waals surface area contributed by atoms with Gasteiger partial charge in [0.15, 0.2) is 0 Å². The van der Waals surface area contributed by atoms with Gasteiger partial charge >= 0.3 is 0 Å². The maximum atomic E-state index is 12.5. The average Bonchev–Trinajstić information content (AvgIpc) is 2.71. The molecule has 4 rings (SSSR count). The van der Waals surface area contributed by atoms with E-state index in [9.17, 15) is 14.7 Å². The number of phenolic OH excluding ortho intramolecular Hbond substituents is 1. The number of nitrogens with zero attached hydrogens (tertiary/aromatic N) is 2. The van der Waals surface area contributed by atoms with Gasteiger partial charge in [0, 0.05) is 30.1 Å². The molecule has 3 heterocycles. The van der Waals surface area contributed by atoms with Crippen LogP contribution in [-0.4, -0.2) is 58.6 Å². The summed E-state index contributed by atoms with van der Waals surface area (Å²) in [5.41, 5.74) is 0.823. The lowest BCUT2D eigenvalue weighted by molar-refractivity contribution is -0.166. The van der Waals surface area contributed by atoms with Crippen molar-refractivity contribution in [2.45, 2.75) is 18.4 Å². The maximum absolute atomic E-state index is 12.5. The smallest absolute Gasteiger partial charge is 0.254 e. The molecule has 2 aliphatic heterocycles. The predicted octanol–water partition coefficient (Wildman–Crippen LogP) is 1.84. The van der Waals surface area contributed by atoms with E-state index in [0.29, 0.717) is 37.4 Å². The lowest BCUT2D eigenvalue weighted by Crippen LogP contribution is -2.66. The molecule has 2 saturated heterocycles. The van der Waals surface area contributed by atoms with Crippen molar-refractivity contribution in [1.29, 1.82) is 0 Å². The van der Waals surface area contributed by atoms with Crippen LogP contribution >= 0.6 is 0 Å². The third kappa shape index (κ3) is 3.84. The molecule has 146 valence electrons. The molecule has 0 radical (unpaired) electrons. The summed E-state index contributed by atoms with van der Waals surface area (Å²) < 4.78 is 6.09. The molecule has 0 bridgehead atoms. The van der Waals surface area contributed by atoms with Crippen molar-refractivity contribution < 1.29 is 19.4 Å². The summed E-state index contributed by atoms with van der Waals surface area (Å²) >= 11 is 0. The molecule has 1 spiro atoms. The number of amides is 2. The monoisotopic (exact) mass is 381 g/mol. The quantitative estimate of drug-likeness (QED) is 0.843. The lowest BCUT2D eigenvalue weighted by atomic mass is 9.82. The summed E-state index contributed by atoms with van der Waals surface area (Å²) in [4.78, 5) is 30.3. The Morgan fingerprint density at radius 3 is 2.68 bits per heavy atom. The van der Waals surface area contributed by atoms with E-state index < -0.39 is 0 Å². The third-order valence-electron chi connectivity index (χ3n) is 5.47. The van der Waals surface area contributed by atoms with Gasteiger partial charge in [0.05, 0.1) is 19.7 Å². The van der Waals surface area contributed by atoms with Crippen molar-refractivity contribution in [1.82, 2.24) is 15.2 Å². The number of hydrogen-bond acceptors (Lipinski definition) is 5. The Bertz CT molecular complexity index is 855. The van der Waals surface area contributed by atoms with Gasteiger partial charge in [0.2, 0.25) is 0 Å². The van der Waals surface area contributed by atoms with Crippen LogP contribution in [0.15, 0.2) is 48.8 Å². The SMILES string of the molecule is O=C(NCC1CCC2(CN(C(=O)c3cccc(O)c3)C2)OC1)c1ccncc1. The van der Waals surface area contributed by atoms with Crippen LogP contribution in [0.25, 0.3) is 0 Å². The first kappa shape index (κ1) is 18.4. The molecular formula is C21H23N3O4. The van der Waals surface area contributed by atoms with Gasteiger partial charge in [-0.3, -0.25) is 14.6 Å². The van der Waals surface area contributed by atoms with Crippen LogP contribution in [0.5, 0.6) is 5.75 Å². The molecule has 2 N–H and O–H groups in total. The van der Waals surface area contributed by atoms with Crippen LogP contribution in [0.3, 0.4) is 0 Å². The minimum Gasteiger partial charge on any atom is -0.508 e. The van der Waals surface area contributed by atoms with Gasteiger partial charge in [-0.25, -0.2) is 0 Å². The normalized spacial score (nSPS) is 20.4. The zero-order valence-electron chi connectivity index (χ0n) is 15.5. The molecular weight excluding hydrogens is 358 g/mol. The molecule has 2 aromatic rings. The van der Waals surface area contributed by atoms with Gasteiger partial charge in [-0.1, -0.05) is 6.07 Å². The molecule has 1 aromatic carbocycles. The van der Waals surface area contributed by atoms with Gasteiger partial charge in [-0.15, -0.1) is 0 Å². The van der Waals surface area contributed by atoms with E-state index in [1.54, 1.807) is 47.6 Å². The Hall–Kier alpha value is -2.93. The molecule has 1 atom stereocenters. The Morgan fingerprint density at radius 2 is 2.00 bits per heavy atom. The Balaban J connectivity index is 1.23. The first-order valence-electron chi connectivity index (χ1n) is 9.45. The van der Waals surface area contributed by atoms with E-state index in [1.165, 1.54) is 6.07 Å². The molecule has 0 aliphatic carbocycles. The fourth-order valence-corrected chi connectivity index (χ4v) is 3.78. The highest BCUT2D eigenvalue weighted by Gasteiger charge is 2.48. The fourth-order valence-electron chi connectivity index (χ4n) is 3.78. The van der Waals surface area contributed by atoms with E-state index in [4.69, 9.17) is 4.74 Å². The Morgan fingerprint density at radius 1 is 1.21 bits per heavy atom. The number of aromatic hydroxyl groups is 1. The van der Waals surface area contributed by atoms with E-state index >= 15 is 0 Å². The van der Waals surface area contributed by atoms with Gasteiger partial charge in [-0.05, 0) is 49.1 Å². The third-order valence-corrected chi connectivity index (χ3v) is 5.47. The van der Waals surface area contributed by atoms with Crippen LogP contribution in [0.4, 0.5) is 0 Å². The summed E-state index contributed by atoms with van der Waals surface area (Å²) in [5.74, 6) is 0.171. The maximum Gasteiger partial charge on any atom is 0.254 e. The van der Waals surface area contributed by atoms with Crippen LogP contribution in [0.2, 0.25) is 0 Å². The summed E-state index contributed by atoms with van der Waals surface area (Å²) in [6, 6.07) is 9.78. The van der Waals surface area contributed by atoms with Gasteiger partial charge in [0.1, 0.15) is 11.4 Å². The number of hydrogen-bond donors (Lipinski definition) is 2. The fraction of sp³-hybridized carbons (Fsp3) is 0.381. The highest BCUT2D eigenvalue weighted by atomic mass is 16.5. The molecule has 7 heteroatoms. The lowest BCUT2D eigenvalue weighted by Gasteiger charge is -2.52. The minimum atomic E-state index is -0.266. The molecule has 2 amide bonds. The number of aromatic nitrogens is 1. The molecule has 2 aliphatic rings. The summed E-state index contributed by atoms with van der Waals surface area (Å²) in [5, 5.41) is 12.5. The van der Waals surface area contributed by atoms with Gasteiger partial charge in [-0.2, -0.15) is 0 Å². The first-order valence-corrected chi connectivity index (χ1v) is 9.45. The highest BCUT2D eigenvalue weighted by molar-refractivity contribution is 5.95. The zero-order chi connectivity index (χ0) is 19.6. The minimum absolute atomic E-state index is 0.0862. The number of nitrogens with one attached hydrogen (secondary N) is 1. The number of likely N-dealkylation sites (tertiary alicyclic amines) is 1. The standard InChI is InChI=1S/C21H23N3O4/c25-18-3-1-2-17(10-18)20(27)24-13-21(14-24)7-4-15(12-28-21)11-23-19(26)16-5-8-22-9-6-16/h1-3,5-6,8-10,15,25H,4,7,11-14H2,(H,23,26). The second-order valence-corrected chi connectivity index (χ2v) is 7.56. The summed E-state index contributed by atoms with van der Waals surface area (Å²) in [6.07, 6.45) is 5.02. The molecule has 0 saturated carbocycles. The summed E-state index contributed by atoms with van der Waals surface area (Å²) in [6.45, 7) is 2.28. The van der Waals surface area contributed by atoms with Crippen molar-refractivity contribution in [2.75, 3.05) is 26.2 Å². The van der Waals surface area contributed by atoms with E-state index in [-0.39, 0.29) is 29.1 Å². The van der Waals surface area contributed by atoms with Gasteiger partial charge in [0.25, 0.3) is 11.8 Å². The predicted molar refractivity (Wildman–Crippen MR) is 102 cm³/mol. The molecule has 1 aromatic heterocycles. The number of carbonyl (C=O) groups excluding carboxylic acids is 2.